The first-order valence-corrected chi connectivity index (χ1v) is 9.18. The molecule has 3 aromatic rings. The van der Waals surface area contributed by atoms with Gasteiger partial charge in [0.15, 0.2) is 11.5 Å². The fourth-order valence-corrected chi connectivity index (χ4v) is 2.61. The summed E-state index contributed by atoms with van der Waals surface area (Å²) in [5, 5.41) is 20.5. The Hall–Kier alpha value is -3.81. The molecule has 0 unspecified atom stereocenters. The topological polar surface area (TPSA) is 109 Å². The summed E-state index contributed by atoms with van der Waals surface area (Å²) in [4.78, 5) is 12.3. The zero-order valence-electron chi connectivity index (χ0n) is 16.2. The highest BCUT2D eigenvalue weighted by atomic mass is 16.5. The number of hydrogen-bond acceptors (Lipinski definition) is 6. The van der Waals surface area contributed by atoms with E-state index in [0.717, 1.165) is 11.3 Å². The Bertz CT molecular complexity index is 1010. The molecule has 0 aliphatic carbocycles. The first-order chi connectivity index (χ1) is 14.1. The molecule has 0 spiro atoms. The second kappa shape index (κ2) is 9.41. The molecule has 0 atom stereocenters. The Morgan fingerprint density at radius 3 is 2.79 bits per heavy atom. The van der Waals surface area contributed by atoms with Crippen molar-refractivity contribution in [3.8, 4) is 28.5 Å². The second-order valence-corrected chi connectivity index (χ2v) is 5.99. The number of hydrazone groups is 1. The van der Waals surface area contributed by atoms with Gasteiger partial charge in [0.2, 0.25) is 0 Å². The normalized spacial score (nSPS) is 10.8. The minimum absolute atomic E-state index is 0.0476. The van der Waals surface area contributed by atoms with E-state index in [0.29, 0.717) is 30.2 Å². The van der Waals surface area contributed by atoms with Crippen LogP contribution in [-0.2, 0) is 0 Å². The third-order valence-corrected chi connectivity index (χ3v) is 3.93. The molecule has 0 aliphatic heterocycles. The van der Waals surface area contributed by atoms with Crippen LogP contribution in [0.15, 0.2) is 53.6 Å². The Morgan fingerprint density at radius 1 is 1.17 bits per heavy atom. The molecular weight excluding hydrogens is 372 g/mol. The number of H-pyrrole nitrogens is 1. The molecule has 8 heteroatoms. The van der Waals surface area contributed by atoms with Gasteiger partial charge in [0.25, 0.3) is 5.91 Å². The van der Waals surface area contributed by atoms with E-state index in [9.17, 15) is 9.90 Å². The summed E-state index contributed by atoms with van der Waals surface area (Å²) in [5.74, 6) is 0.718. The number of aromatic nitrogens is 2. The smallest absolute Gasteiger partial charge is 0.289 e. The standard InChI is InChI=1S/C21H22N4O4/c1-3-28-16-7-5-6-15(11-16)17-12-18(24-23-17)21(27)25-22-13-14-8-9-19(26)20(10-14)29-4-2/h5-13,26H,3-4H2,1-2H3,(H,23,24)(H,25,27)/b22-13+. The quantitative estimate of drug-likeness (QED) is 0.401. The van der Waals surface area contributed by atoms with Crippen LogP contribution in [0.1, 0.15) is 29.9 Å². The van der Waals surface area contributed by atoms with Gasteiger partial charge in [-0.1, -0.05) is 12.1 Å². The van der Waals surface area contributed by atoms with E-state index in [1.165, 1.54) is 12.3 Å². The molecule has 0 fully saturated rings. The van der Waals surface area contributed by atoms with Crippen LogP contribution >= 0.6 is 0 Å². The Balaban J connectivity index is 1.65. The maximum Gasteiger partial charge on any atom is 0.289 e. The van der Waals surface area contributed by atoms with Crippen LogP contribution in [0, 0.1) is 0 Å². The van der Waals surface area contributed by atoms with E-state index in [1.54, 1.807) is 18.2 Å². The molecule has 0 saturated heterocycles. The number of hydrogen-bond donors (Lipinski definition) is 3. The molecule has 1 heterocycles. The van der Waals surface area contributed by atoms with Crippen molar-refractivity contribution in [3.05, 3.63) is 59.8 Å². The average Bonchev–Trinajstić information content (AvgIpc) is 3.21. The van der Waals surface area contributed by atoms with Crippen LogP contribution in [0.3, 0.4) is 0 Å². The lowest BCUT2D eigenvalue weighted by atomic mass is 10.1. The SMILES string of the molecule is CCOc1cccc(-c2cc(C(=O)N/N=C/c3ccc(O)c(OCC)c3)[nH]n2)c1. The van der Waals surface area contributed by atoms with Crippen molar-refractivity contribution >= 4 is 12.1 Å². The monoisotopic (exact) mass is 394 g/mol. The number of amides is 1. The highest BCUT2D eigenvalue weighted by molar-refractivity contribution is 5.94. The molecule has 150 valence electrons. The maximum absolute atomic E-state index is 12.3. The molecule has 3 N–H and O–H groups in total. The lowest BCUT2D eigenvalue weighted by Gasteiger charge is -2.05. The number of nitrogens with one attached hydrogen (secondary N) is 2. The molecule has 29 heavy (non-hydrogen) atoms. The molecule has 0 aliphatic rings. The van der Waals surface area contributed by atoms with E-state index in [2.05, 4.69) is 20.7 Å². The van der Waals surface area contributed by atoms with Crippen LogP contribution in [0.5, 0.6) is 17.2 Å². The van der Waals surface area contributed by atoms with Gasteiger partial charge in [-0.15, -0.1) is 0 Å². The second-order valence-electron chi connectivity index (χ2n) is 5.99. The predicted octanol–water partition coefficient (Wildman–Crippen LogP) is 3.34. The van der Waals surface area contributed by atoms with Gasteiger partial charge in [0.1, 0.15) is 11.4 Å². The molecule has 8 nitrogen and oxygen atoms in total. The van der Waals surface area contributed by atoms with Crippen LogP contribution < -0.4 is 14.9 Å². The molecule has 0 radical (unpaired) electrons. The molecule has 2 aromatic carbocycles. The van der Waals surface area contributed by atoms with Gasteiger partial charge in [-0.3, -0.25) is 9.89 Å². The number of carbonyl (C=O) groups excluding carboxylic acids is 1. The van der Waals surface area contributed by atoms with E-state index in [4.69, 9.17) is 9.47 Å². The summed E-state index contributed by atoms with van der Waals surface area (Å²) in [7, 11) is 0. The lowest BCUT2D eigenvalue weighted by molar-refractivity contribution is 0.0950. The van der Waals surface area contributed by atoms with Gasteiger partial charge >= 0.3 is 0 Å². The number of carbonyl (C=O) groups is 1. The molecule has 0 saturated carbocycles. The van der Waals surface area contributed by atoms with Crippen LogP contribution in [-0.4, -0.2) is 40.6 Å². The summed E-state index contributed by atoms with van der Waals surface area (Å²) >= 11 is 0. The largest absolute Gasteiger partial charge is 0.504 e. The molecule has 3 rings (SSSR count). The highest BCUT2D eigenvalue weighted by Gasteiger charge is 2.11. The summed E-state index contributed by atoms with van der Waals surface area (Å²) < 4.78 is 10.8. The molecule has 1 amide bonds. The minimum Gasteiger partial charge on any atom is -0.504 e. The zero-order chi connectivity index (χ0) is 20.6. The van der Waals surface area contributed by atoms with Crippen LogP contribution in [0.2, 0.25) is 0 Å². The first kappa shape index (κ1) is 19.9. The predicted molar refractivity (Wildman–Crippen MR) is 110 cm³/mol. The van der Waals surface area contributed by atoms with Crippen molar-refractivity contribution in [3.63, 3.8) is 0 Å². The lowest BCUT2D eigenvalue weighted by Crippen LogP contribution is -2.18. The van der Waals surface area contributed by atoms with Crippen molar-refractivity contribution in [1.82, 2.24) is 15.6 Å². The average molecular weight is 394 g/mol. The van der Waals surface area contributed by atoms with Crippen molar-refractivity contribution in [2.24, 2.45) is 5.10 Å². The third-order valence-electron chi connectivity index (χ3n) is 3.93. The van der Waals surface area contributed by atoms with E-state index >= 15 is 0 Å². The summed E-state index contributed by atoms with van der Waals surface area (Å²) in [6.07, 6.45) is 1.46. The Morgan fingerprint density at radius 2 is 2.00 bits per heavy atom. The van der Waals surface area contributed by atoms with E-state index in [-0.39, 0.29) is 11.4 Å². The first-order valence-electron chi connectivity index (χ1n) is 9.18. The number of nitrogens with zero attached hydrogens (tertiary/aromatic N) is 2. The number of aromatic hydroxyl groups is 1. The van der Waals surface area contributed by atoms with Crippen molar-refractivity contribution in [1.29, 1.82) is 0 Å². The van der Waals surface area contributed by atoms with Crippen molar-refractivity contribution in [2.45, 2.75) is 13.8 Å². The fourth-order valence-electron chi connectivity index (χ4n) is 2.61. The molecule has 1 aromatic heterocycles. The number of phenols is 1. The Labute approximate surface area is 168 Å². The summed E-state index contributed by atoms with van der Waals surface area (Å²) in [6, 6.07) is 13.9. The number of aromatic amines is 1. The van der Waals surface area contributed by atoms with Gasteiger partial charge in [0, 0.05) is 5.56 Å². The van der Waals surface area contributed by atoms with Gasteiger partial charge in [-0.2, -0.15) is 10.2 Å². The van der Waals surface area contributed by atoms with Crippen LogP contribution in [0.25, 0.3) is 11.3 Å². The number of rotatable bonds is 8. The van der Waals surface area contributed by atoms with Crippen molar-refractivity contribution < 1.29 is 19.4 Å². The van der Waals surface area contributed by atoms with E-state index < -0.39 is 5.91 Å². The van der Waals surface area contributed by atoms with Gasteiger partial charge < -0.3 is 14.6 Å². The molecular formula is C21H22N4O4. The van der Waals surface area contributed by atoms with Gasteiger partial charge in [-0.25, -0.2) is 5.43 Å². The van der Waals surface area contributed by atoms with Gasteiger partial charge in [-0.05, 0) is 55.8 Å². The fraction of sp³-hybridized carbons (Fsp3) is 0.190. The number of ether oxygens (including phenoxy) is 2. The molecule has 0 bridgehead atoms. The third kappa shape index (κ3) is 5.13. The van der Waals surface area contributed by atoms with Gasteiger partial charge in [0.05, 0.1) is 25.1 Å². The Kier molecular flexibility index (Phi) is 6.47. The summed E-state index contributed by atoms with van der Waals surface area (Å²) in [5.41, 5.74) is 4.85. The zero-order valence-corrected chi connectivity index (χ0v) is 16.2. The van der Waals surface area contributed by atoms with Crippen molar-refractivity contribution in [2.75, 3.05) is 13.2 Å². The van der Waals surface area contributed by atoms with Crippen LogP contribution in [0.4, 0.5) is 0 Å². The highest BCUT2D eigenvalue weighted by Crippen LogP contribution is 2.26. The summed E-state index contributed by atoms with van der Waals surface area (Å²) in [6.45, 7) is 4.75. The van der Waals surface area contributed by atoms with E-state index in [1.807, 2.05) is 38.1 Å². The minimum atomic E-state index is -0.426. The number of phenolic OH excluding ortho intramolecular Hbond substituents is 1. The number of benzene rings is 2. The maximum atomic E-state index is 12.3.